The minimum Gasteiger partial charge on any atom is -0.394 e. The van der Waals surface area contributed by atoms with Gasteiger partial charge in [-0.3, -0.25) is 14.9 Å². The molecule has 230 valence electrons. The van der Waals surface area contributed by atoms with E-state index < -0.39 is 6.10 Å². The van der Waals surface area contributed by atoms with Gasteiger partial charge in [-0.05, 0) is 53.6 Å². The van der Waals surface area contributed by atoms with Crippen LogP contribution in [-0.2, 0) is 33.6 Å². The van der Waals surface area contributed by atoms with E-state index in [1.807, 2.05) is 91.0 Å². The molecule has 2 amide bonds. The largest absolute Gasteiger partial charge is 0.394 e. The van der Waals surface area contributed by atoms with Gasteiger partial charge in [0, 0.05) is 6.42 Å². The SMILES string of the molecule is O=C(Cc1ccccc1)Nc1ccc(CCCCc2nnc(NC(=O)C(OCCO)c3ccc(-c4ccccc4)cc3)s2)nn1. The van der Waals surface area contributed by atoms with Crippen LogP contribution in [0.3, 0.4) is 0 Å². The van der Waals surface area contributed by atoms with Crippen LogP contribution < -0.4 is 10.6 Å². The number of nitrogens with one attached hydrogen (secondary N) is 2. The molecule has 0 fully saturated rings. The average Bonchev–Trinajstić information content (AvgIpc) is 3.52. The Hall–Kier alpha value is -4.84. The number of aliphatic hydroxyl groups is 1. The van der Waals surface area contributed by atoms with E-state index >= 15 is 0 Å². The third-order valence-electron chi connectivity index (χ3n) is 6.90. The summed E-state index contributed by atoms with van der Waals surface area (Å²) in [5.74, 6) is -0.0882. The van der Waals surface area contributed by atoms with E-state index in [0.29, 0.717) is 22.9 Å². The minimum absolute atomic E-state index is 0.0237. The zero-order chi connectivity index (χ0) is 31.3. The van der Waals surface area contributed by atoms with Crippen molar-refractivity contribution in [1.82, 2.24) is 20.4 Å². The summed E-state index contributed by atoms with van der Waals surface area (Å²) in [6, 6.07) is 30.7. The van der Waals surface area contributed by atoms with Crippen molar-refractivity contribution < 1.29 is 19.4 Å². The molecule has 0 saturated heterocycles. The Kier molecular flexibility index (Phi) is 11.4. The van der Waals surface area contributed by atoms with Gasteiger partial charge in [-0.15, -0.1) is 15.3 Å². The second kappa shape index (κ2) is 16.3. The Morgan fingerprint density at radius 3 is 2.18 bits per heavy atom. The number of hydrogen-bond acceptors (Lipinski definition) is 9. The van der Waals surface area contributed by atoms with Crippen molar-refractivity contribution >= 4 is 34.1 Å². The summed E-state index contributed by atoms with van der Waals surface area (Å²) < 4.78 is 5.70. The normalized spacial score (nSPS) is 11.6. The van der Waals surface area contributed by atoms with Crippen LogP contribution in [0.25, 0.3) is 11.1 Å². The standard InChI is InChI=1S/C34H34N6O4S/c41-21-22-44-32(27-17-15-26(16-18-27)25-11-5-2-6-12-25)33(43)36-34-40-39-31(45-34)14-8-7-13-28-19-20-29(38-37-28)35-30(42)23-24-9-3-1-4-10-24/h1-6,9-12,15-20,32,41H,7-8,13-14,21-23H2,(H,35,38,42)(H,36,40,43). The van der Waals surface area contributed by atoms with Crippen LogP contribution in [0.2, 0.25) is 0 Å². The molecule has 1 atom stereocenters. The molecule has 11 heteroatoms. The highest BCUT2D eigenvalue weighted by molar-refractivity contribution is 7.15. The van der Waals surface area contributed by atoms with E-state index in [4.69, 9.17) is 4.74 Å². The molecule has 0 saturated carbocycles. The maximum absolute atomic E-state index is 13.2. The highest BCUT2D eigenvalue weighted by Crippen LogP contribution is 2.26. The van der Waals surface area contributed by atoms with Gasteiger partial charge in [0.1, 0.15) is 5.01 Å². The predicted octanol–water partition coefficient (Wildman–Crippen LogP) is 5.43. The first-order valence-corrected chi connectivity index (χ1v) is 15.6. The van der Waals surface area contributed by atoms with Gasteiger partial charge in [-0.1, -0.05) is 96.3 Å². The van der Waals surface area contributed by atoms with Crippen molar-refractivity contribution in [2.45, 2.75) is 38.2 Å². The fourth-order valence-corrected chi connectivity index (χ4v) is 5.45. The van der Waals surface area contributed by atoms with Crippen LogP contribution in [0.15, 0.2) is 97.1 Å². The molecule has 0 aliphatic heterocycles. The number of nitrogens with zero attached hydrogens (tertiary/aromatic N) is 4. The first-order chi connectivity index (χ1) is 22.1. The van der Waals surface area contributed by atoms with E-state index in [2.05, 4.69) is 31.0 Å². The van der Waals surface area contributed by atoms with E-state index in [1.54, 1.807) is 6.07 Å². The third kappa shape index (κ3) is 9.57. The van der Waals surface area contributed by atoms with Crippen LogP contribution in [0.5, 0.6) is 0 Å². The number of ether oxygens (including phenoxy) is 1. The summed E-state index contributed by atoms with van der Waals surface area (Å²) in [5.41, 5.74) is 4.56. The van der Waals surface area contributed by atoms with E-state index in [-0.39, 0.29) is 31.4 Å². The molecule has 5 rings (SSSR count). The molecule has 1 unspecified atom stereocenters. The quantitative estimate of drug-likeness (QED) is 0.131. The lowest BCUT2D eigenvalue weighted by molar-refractivity contribution is -0.128. The number of aromatic nitrogens is 4. The molecule has 0 aliphatic carbocycles. The van der Waals surface area contributed by atoms with Crippen LogP contribution in [0.1, 0.15) is 40.8 Å². The summed E-state index contributed by atoms with van der Waals surface area (Å²) in [5, 5.41) is 32.8. The van der Waals surface area contributed by atoms with Crippen molar-refractivity contribution in [3.05, 3.63) is 119 Å². The molecule has 2 aromatic heterocycles. The van der Waals surface area contributed by atoms with Crippen molar-refractivity contribution in [3.8, 4) is 11.1 Å². The average molecular weight is 623 g/mol. The summed E-state index contributed by atoms with van der Waals surface area (Å²) >= 11 is 1.32. The Bertz CT molecular complexity index is 1650. The minimum atomic E-state index is -0.904. The van der Waals surface area contributed by atoms with E-state index in [9.17, 15) is 14.7 Å². The molecule has 0 radical (unpaired) electrons. The van der Waals surface area contributed by atoms with E-state index in [1.165, 1.54) is 11.3 Å². The van der Waals surface area contributed by atoms with Gasteiger partial charge in [0.2, 0.25) is 11.0 Å². The van der Waals surface area contributed by atoms with E-state index in [0.717, 1.165) is 46.7 Å². The second-order valence-corrected chi connectivity index (χ2v) is 11.3. The van der Waals surface area contributed by atoms with Crippen LogP contribution in [0, 0.1) is 0 Å². The Balaban J connectivity index is 1.07. The summed E-state index contributed by atoms with van der Waals surface area (Å²) in [7, 11) is 0. The monoisotopic (exact) mass is 622 g/mol. The van der Waals surface area contributed by atoms with Crippen molar-refractivity contribution in [2.75, 3.05) is 23.8 Å². The smallest absolute Gasteiger partial charge is 0.259 e. The molecule has 2 heterocycles. The number of anilines is 2. The summed E-state index contributed by atoms with van der Waals surface area (Å²) in [4.78, 5) is 25.4. The van der Waals surface area contributed by atoms with Crippen molar-refractivity contribution in [2.24, 2.45) is 0 Å². The highest BCUT2D eigenvalue weighted by Gasteiger charge is 2.23. The molecule has 10 nitrogen and oxygen atoms in total. The number of amides is 2. The van der Waals surface area contributed by atoms with Gasteiger partial charge in [-0.2, -0.15) is 5.10 Å². The third-order valence-corrected chi connectivity index (χ3v) is 7.80. The highest BCUT2D eigenvalue weighted by atomic mass is 32.1. The molecule has 0 bridgehead atoms. The lowest BCUT2D eigenvalue weighted by Gasteiger charge is -2.17. The Labute approximate surface area is 265 Å². The number of rotatable bonds is 15. The topological polar surface area (TPSA) is 139 Å². The number of unbranched alkanes of at least 4 members (excludes halogenated alkanes) is 1. The fourth-order valence-electron chi connectivity index (χ4n) is 4.66. The lowest BCUT2D eigenvalue weighted by atomic mass is 10.0. The maximum Gasteiger partial charge on any atom is 0.259 e. The molecule has 0 spiro atoms. The Morgan fingerprint density at radius 1 is 0.756 bits per heavy atom. The first-order valence-electron chi connectivity index (χ1n) is 14.7. The molecule has 3 N–H and O–H groups in total. The van der Waals surface area contributed by atoms with Gasteiger partial charge in [0.25, 0.3) is 5.91 Å². The molecule has 5 aromatic rings. The molecule has 45 heavy (non-hydrogen) atoms. The number of carbonyl (C=O) groups is 2. The van der Waals surface area contributed by atoms with Crippen LogP contribution >= 0.6 is 11.3 Å². The van der Waals surface area contributed by atoms with Crippen LogP contribution in [-0.4, -0.2) is 50.5 Å². The number of carbonyl (C=O) groups excluding carboxylic acids is 2. The predicted molar refractivity (Wildman–Crippen MR) is 174 cm³/mol. The van der Waals surface area contributed by atoms with Crippen molar-refractivity contribution in [3.63, 3.8) is 0 Å². The number of benzene rings is 3. The number of aliphatic hydroxyl groups excluding tert-OH is 1. The maximum atomic E-state index is 13.2. The molecule has 3 aromatic carbocycles. The summed E-state index contributed by atoms with van der Waals surface area (Å²) in [6.45, 7) is -0.175. The Morgan fingerprint density at radius 2 is 1.47 bits per heavy atom. The zero-order valence-electron chi connectivity index (χ0n) is 24.6. The van der Waals surface area contributed by atoms with Gasteiger partial charge >= 0.3 is 0 Å². The fraction of sp³-hybridized carbons (Fsp3) is 0.235. The molecular weight excluding hydrogens is 588 g/mol. The second-order valence-electron chi connectivity index (χ2n) is 10.3. The van der Waals surface area contributed by atoms with Crippen molar-refractivity contribution in [1.29, 1.82) is 0 Å². The lowest BCUT2D eigenvalue weighted by Crippen LogP contribution is -2.24. The van der Waals surface area contributed by atoms with Gasteiger partial charge in [0.15, 0.2) is 11.9 Å². The number of hydrogen-bond donors (Lipinski definition) is 3. The number of aryl methyl sites for hydroxylation is 2. The van der Waals surface area contributed by atoms with Crippen LogP contribution in [0.4, 0.5) is 10.9 Å². The molecule has 0 aliphatic rings. The zero-order valence-corrected chi connectivity index (χ0v) is 25.5. The summed E-state index contributed by atoms with van der Waals surface area (Å²) in [6.07, 6.45) is 2.55. The van der Waals surface area contributed by atoms with Gasteiger partial charge in [0.05, 0.1) is 25.3 Å². The van der Waals surface area contributed by atoms with Gasteiger partial charge < -0.3 is 15.2 Å². The molecular formula is C34H34N6O4S. The first kappa shape index (κ1) is 31.6. The van der Waals surface area contributed by atoms with Gasteiger partial charge in [-0.25, -0.2) is 0 Å².